The van der Waals surface area contributed by atoms with Crippen molar-refractivity contribution in [3.8, 4) is 0 Å². The topological polar surface area (TPSA) is 0 Å². The first kappa shape index (κ1) is 12.4. The lowest BCUT2D eigenvalue weighted by molar-refractivity contribution is 1.29. The average Bonchev–Trinajstić information content (AvgIpc) is 2.31. The minimum atomic E-state index is 1.16. The Balaban J connectivity index is 2.95. The second-order valence-corrected chi connectivity index (χ2v) is 5.82. The van der Waals surface area contributed by atoms with E-state index in [0.717, 1.165) is 4.48 Å². The van der Waals surface area contributed by atoms with Crippen LogP contribution in [0, 0.1) is 20.8 Å². The molecule has 0 N–H and O–H groups in total. The van der Waals surface area contributed by atoms with Crippen molar-refractivity contribution in [2.75, 3.05) is 0 Å². The molecule has 0 nitrogen and oxygen atoms in total. The van der Waals surface area contributed by atoms with Crippen molar-refractivity contribution in [2.45, 2.75) is 27.7 Å². The molecule has 0 aliphatic carbocycles. The van der Waals surface area contributed by atoms with E-state index in [0.29, 0.717) is 0 Å². The van der Waals surface area contributed by atoms with E-state index in [-0.39, 0.29) is 0 Å². The molecule has 17 heavy (non-hydrogen) atoms. The van der Waals surface area contributed by atoms with Crippen molar-refractivity contribution in [1.29, 1.82) is 0 Å². The third-order valence-electron chi connectivity index (χ3n) is 3.49. The SMILES string of the molecule is C/C(Br)=C\c1c(C)c(C)c(C)c2ccccc12. The lowest BCUT2D eigenvalue weighted by atomic mass is 9.91. The zero-order valence-corrected chi connectivity index (χ0v) is 12.4. The molecule has 2 aromatic carbocycles. The van der Waals surface area contributed by atoms with Crippen LogP contribution >= 0.6 is 15.9 Å². The van der Waals surface area contributed by atoms with Crippen LogP contribution in [0.5, 0.6) is 0 Å². The predicted molar refractivity (Wildman–Crippen MR) is 80.7 cm³/mol. The van der Waals surface area contributed by atoms with E-state index in [1.807, 2.05) is 0 Å². The predicted octanol–water partition coefficient (Wildman–Crippen LogP) is 5.52. The molecule has 0 atom stereocenters. The number of fused-ring (bicyclic) bond motifs is 1. The fourth-order valence-corrected chi connectivity index (χ4v) is 2.55. The second-order valence-electron chi connectivity index (χ2n) is 4.57. The Kier molecular flexibility index (Phi) is 3.39. The third-order valence-corrected chi connectivity index (χ3v) is 3.72. The highest BCUT2D eigenvalue weighted by molar-refractivity contribution is 9.11. The van der Waals surface area contributed by atoms with Crippen LogP contribution in [0.15, 0.2) is 28.7 Å². The first-order valence-corrected chi connectivity index (χ1v) is 6.64. The summed E-state index contributed by atoms with van der Waals surface area (Å²) in [4.78, 5) is 0. The minimum absolute atomic E-state index is 1.16. The van der Waals surface area contributed by atoms with E-state index < -0.39 is 0 Å². The van der Waals surface area contributed by atoms with E-state index in [1.54, 1.807) is 0 Å². The van der Waals surface area contributed by atoms with Gasteiger partial charge in [-0.15, -0.1) is 0 Å². The Bertz CT molecular complexity index is 602. The van der Waals surface area contributed by atoms with Crippen LogP contribution in [0.4, 0.5) is 0 Å². The highest BCUT2D eigenvalue weighted by Gasteiger charge is 2.09. The van der Waals surface area contributed by atoms with Gasteiger partial charge in [0.2, 0.25) is 0 Å². The van der Waals surface area contributed by atoms with E-state index in [2.05, 4.69) is 74.0 Å². The molecule has 2 aromatic rings. The highest BCUT2D eigenvalue weighted by atomic mass is 79.9. The molecule has 0 saturated heterocycles. The minimum Gasteiger partial charge on any atom is -0.0616 e. The Hall–Kier alpha value is -1.08. The number of hydrogen-bond donors (Lipinski definition) is 0. The Morgan fingerprint density at radius 3 is 2.12 bits per heavy atom. The van der Waals surface area contributed by atoms with Gasteiger partial charge in [0.1, 0.15) is 0 Å². The van der Waals surface area contributed by atoms with Gasteiger partial charge in [0.15, 0.2) is 0 Å². The maximum absolute atomic E-state index is 3.54. The summed E-state index contributed by atoms with van der Waals surface area (Å²) in [6.07, 6.45) is 2.21. The van der Waals surface area contributed by atoms with Crippen molar-refractivity contribution in [3.63, 3.8) is 0 Å². The van der Waals surface area contributed by atoms with Gasteiger partial charge in [0.25, 0.3) is 0 Å². The maximum Gasteiger partial charge on any atom is -0.00741 e. The summed E-state index contributed by atoms with van der Waals surface area (Å²) in [6, 6.07) is 8.63. The maximum atomic E-state index is 3.54. The molecule has 88 valence electrons. The van der Waals surface area contributed by atoms with Crippen molar-refractivity contribution in [3.05, 3.63) is 51.0 Å². The number of halogens is 1. The van der Waals surface area contributed by atoms with Gasteiger partial charge in [-0.2, -0.15) is 0 Å². The molecule has 0 spiro atoms. The molecular formula is C16H17Br. The third kappa shape index (κ3) is 2.16. The van der Waals surface area contributed by atoms with Crippen molar-refractivity contribution < 1.29 is 0 Å². The normalized spacial score (nSPS) is 12.2. The van der Waals surface area contributed by atoms with E-state index in [1.165, 1.54) is 33.0 Å². The fourth-order valence-electron chi connectivity index (χ4n) is 2.32. The number of aryl methyl sites for hydroxylation is 1. The summed E-state index contributed by atoms with van der Waals surface area (Å²) in [5.74, 6) is 0. The molecule has 0 aromatic heterocycles. The monoisotopic (exact) mass is 288 g/mol. The van der Waals surface area contributed by atoms with Crippen LogP contribution in [0.2, 0.25) is 0 Å². The van der Waals surface area contributed by atoms with Crippen LogP contribution in [0.1, 0.15) is 29.2 Å². The van der Waals surface area contributed by atoms with Gasteiger partial charge in [0, 0.05) is 0 Å². The summed E-state index contributed by atoms with van der Waals surface area (Å²) in [6.45, 7) is 8.69. The van der Waals surface area contributed by atoms with Crippen LogP contribution in [0.25, 0.3) is 16.8 Å². The van der Waals surface area contributed by atoms with Gasteiger partial charge < -0.3 is 0 Å². The molecule has 1 heteroatoms. The summed E-state index contributed by atoms with van der Waals surface area (Å²) >= 11 is 3.54. The Morgan fingerprint density at radius 1 is 0.941 bits per heavy atom. The standard InChI is InChI=1S/C16H17Br/c1-10(17)9-16-13(4)11(2)12(3)14-7-5-6-8-15(14)16/h5-9H,1-4H3/b10-9+. The zero-order valence-electron chi connectivity index (χ0n) is 10.8. The molecule has 2 rings (SSSR count). The van der Waals surface area contributed by atoms with Gasteiger partial charge in [-0.05, 0) is 71.3 Å². The van der Waals surface area contributed by atoms with Crippen LogP contribution in [-0.2, 0) is 0 Å². The van der Waals surface area contributed by atoms with Gasteiger partial charge >= 0.3 is 0 Å². The molecule has 0 unspecified atom stereocenters. The summed E-state index contributed by atoms with van der Waals surface area (Å²) in [7, 11) is 0. The molecule has 0 fully saturated rings. The van der Waals surface area contributed by atoms with Gasteiger partial charge in [0.05, 0.1) is 0 Å². The average molecular weight is 289 g/mol. The first-order valence-electron chi connectivity index (χ1n) is 5.84. The molecule has 0 saturated carbocycles. The molecule has 0 amide bonds. The molecule has 0 radical (unpaired) electrons. The van der Waals surface area contributed by atoms with E-state index >= 15 is 0 Å². The smallest absolute Gasteiger partial charge is 0.00741 e. The summed E-state index contributed by atoms with van der Waals surface area (Å²) in [5, 5.41) is 2.70. The quantitative estimate of drug-likeness (QED) is 0.648. The zero-order chi connectivity index (χ0) is 12.6. The van der Waals surface area contributed by atoms with Crippen molar-refractivity contribution >= 4 is 32.8 Å². The number of benzene rings is 2. The Labute approximate surface area is 111 Å². The lowest BCUT2D eigenvalue weighted by Gasteiger charge is -2.14. The summed E-state index contributed by atoms with van der Waals surface area (Å²) in [5.41, 5.74) is 5.49. The number of allylic oxidation sites excluding steroid dienone is 1. The molecule has 0 aliphatic heterocycles. The van der Waals surface area contributed by atoms with E-state index in [9.17, 15) is 0 Å². The Morgan fingerprint density at radius 2 is 1.53 bits per heavy atom. The largest absolute Gasteiger partial charge is 0.0616 e. The first-order chi connectivity index (χ1) is 8.02. The lowest BCUT2D eigenvalue weighted by Crippen LogP contribution is -1.94. The highest BCUT2D eigenvalue weighted by Crippen LogP contribution is 2.31. The van der Waals surface area contributed by atoms with Gasteiger partial charge in [-0.3, -0.25) is 0 Å². The molecule has 0 bridgehead atoms. The van der Waals surface area contributed by atoms with Crippen LogP contribution in [-0.4, -0.2) is 0 Å². The fraction of sp³-hybridized carbons (Fsp3) is 0.250. The second kappa shape index (κ2) is 4.66. The van der Waals surface area contributed by atoms with Crippen LogP contribution in [0.3, 0.4) is 0 Å². The van der Waals surface area contributed by atoms with Gasteiger partial charge in [-0.25, -0.2) is 0 Å². The molecule has 0 heterocycles. The molecule has 0 aliphatic rings. The van der Waals surface area contributed by atoms with Gasteiger partial charge in [-0.1, -0.05) is 40.2 Å². The van der Waals surface area contributed by atoms with Crippen molar-refractivity contribution in [1.82, 2.24) is 0 Å². The number of rotatable bonds is 1. The number of hydrogen-bond acceptors (Lipinski definition) is 0. The summed E-state index contributed by atoms with van der Waals surface area (Å²) < 4.78 is 1.16. The molecular weight excluding hydrogens is 272 g/mol. The van der Waals surface area contributed by atoms with Crippen LogP contribution < -0.4 is 0 Å². The van der Waals surface area contributed by atoms with E-state index in [4.69, 9.17) is 0 Å². The van der Waals surface area contributed by atoms with Crippen molar-refractivity contribution in [2.24, 2.45) is 0 Å².